The molecule has 5 nitrogen and oxygen atoms in total. The number of pyridine rings is 1. The van der Waals surface area contributed by atoms with Crippen molar-refractivity contribution >= 4 is 5.84 Å². The Kier molecular flexibility index (Phi) is 3.37. The Balaban J connectivity index is 3.08. The quantitative estimate of drug-likeness (QED) is 0.346. The van der Waals surface area contributed by atoms with Crippen LogP contribution < -0.4 is 10.5 Å². The molecule has 0 spiro atoms. The fraction of sp³-hybridized carbons (Fsp3) is 0.455. The van der Waals surface area contributed by atoms with E-state index in [4.69, 9.17) is 15.7 Å². The molecule has 1 heterocycles. The lowest BCUT2D eigenvalue weighted by molar-refractivity contribution is 0.124. The maximum absolute atomic E-state index is 8.60. The summed E-state index contributed by atoms with van der Waals surface area (Å²) in [5, 5.41) is 11.6. The summed E-state index contributed by atoms with van der Waals surface area (Å²) >= 11 is 0. The third-order valence-electron chi connectivity index (χ3n) is 1.74. The molecule has 0 aliphatic heterocycles. The Bertz CT molecular complexity index is 408. The summed E-state index contributed by atoms with van der Waals surface area (Å²) in [6.45, 7) is 7.62. The molecule has 0 unspecified atom stereocenters. The molecule has 5 heteroatoms. The standard InChI is InChI=1S/C11H17N3O2/c1-7-5-8(10(12)14-15)6-9(13-7)16-11(2,3)4/h5-6,15H,1-4H3,(H2,12,14). The zero-order chi connectivity index (χ0) is 12.3. The second kappa shape index (κ2) is 4.38. The molecule has 0 fully saturated rings. The van der Waals surface area contributed by atoms with E-state index < -0.39 is 0 Å². The number of hydrogen-bond acceptors (Lipinski definition) is 4. The minimum atomic E-state index is -0.330. The van der Waals surface area contributed by atoms with Gasteiger partial charge in [-0.05, 0) is 33.8 Å². The molecule has 0 radical (unpaired) electrons. The summed E-state index contributed by atoms with van der Waals surface area (Å²) in [6, 6.07) is 3.37. The van der Waals surface area contributed by atoms with Crippen LogP contribution in [-0.4, -0.2) is 21.6 Å². The molecule has 0 saturated heterocycles. The molecular formula is C11H17N3O2. The topological polar surface area (TPSA) is 80.7 Å². The number of ether oxygens (including phenoxy) is 1. The fourth-order valence-electron chi connectivity index (χ4n) is 1.21. The van der Waals surface area contributed by atoms with Gasteiger partial charge in [0.05, 0.1) is 0 Å². The van der Waals surface area contributed by atoms with E-state index in [1.807, 2.05) is 27.7 Å². The third kappa shape index (κ3) is 3.42. The molecule has 0 aliphatic carbocycles. The van der Waals surface area contributed by atoms with Gasteiger partial charge in [-0.2, -0.15) is 0 Å². The molecular weight excluding hydrogens is 206 g/mol. The third-order valence-corrected chi connectivity index (χ3v) is 1.74. The van der Waals surface area contributed by atoms with Gasteiger partial charge in [0.1, 0.15) is 5.60 Å². The SMILES string of the molecule is Cc1cc(/C(N)=N/O)cc(OC(C)(C)C)n1. The highest BCUT2D eigenvalue weighted by Crippen LogP contribution is 2.17. The molecule has 0 aromatic carbocycles. The van der Waals surface area contributed by atoms with Gasteiger partial charge in [-0.3, -0.25) is 0 Å². The van der Waals surface area contributed by atoms with E-state index in [0.29, 0.717) is 11.4 Å². The summed E-state index contributed by atoms with van der Waals surface area (Å²) in [5.41, 5.74) is 6.53. The smallest absolute Gasteiger partial charge is 0.214 e. The van der Waals surface area contributed by atoms with Crippen molar-refractivity contribution in [3.05, 3.63) is 23.4 Å². The van der Waals surface area contributed by atoms with E-state index in [-0.39, 0.29) is 11.4 Å². The van der Waals surface area contributed by atoms with Crippen molar-refractivity contribution in [2.45, 2.75) is 33.3 Å². The number of hydrogen-bond donors (Lipinski definition) is 2. The molecule has 16 heavy (non-hydrogen) atoms. The van der Waals surface area contributed by atoms with Crippen LogP contribution in [-0.2, 0) is 0 Å². The van der Waals surface area contributed by atoms with Gasteiger partial charge >= 0.3 is 0 Å². The van der Waals surface area contributed by atoms with Crippen LogP contribution in [0.3, 0.4) is 0 Å². The van der Waals surface area contributed by atoms with Crippen LogP contribution in [0, 0.1) is 6.92 Å². The van der Waals surface area contributed by atoms with E-state index in [0.717, 1.165) is 5.69 Å². The molecule has 0 bridgehead atoms. The first-order valence-electron chi connectivity index (χ1n) is 4.97. The van der Waals surface area contributed by atoms with Gasteiger partial charge in [0.25, 0.3) is 0 Å². The second-order valence-corrected chi connectivity index (χ2v) is 4.54. The summed E-state index contributed by atoms with van der Waals surface area (Å²) in [7, 11) is 0. The lowest BCUT2D eigenvalue weighted by Gasteiger charge is -2.20. The van der Waals surface area contributed by atoms with E-state index >= 15 is 0 Å². The number of amidine groups is 1. The molecule has 0 atom stereocenters. The van der Waals surface area contributed by atoms with Crippen molar-refractivity contribution in [1.82, 2.24) is 4.98 Å². The van der Waals surface area contributed by atoms with Crippen LogP contribution in [0.2, 0.25) is 0 Å². The van der Waals surface area contributed by atoms with Crippen molar-refractivity contribution < 1.29 is 9.94 Å². The van der Waals surface area contributed by atoms with E-state index in [1.54, 1.807) is 12.1 Å². The molecule has 0 amide bonds. The number of rotatable bonds is 2. The molecule has 1 aromatic rings. The van der Waals surface area contributed by atoms with Crippen LogP contribution in [0.25, 0.3) is 0 Å². The van der Waals surface area contributed by atoms with Crippen LogP contribution in [0.4, 0.5) is 0 Å². The lowest BCUT2D eigenvalue weighted by Crippen LogP contribution is -2.24. The molecule has 1 aromatic heterocycles. The summed E-state index contributed by atoms with van der Waals surface area (Å²) < 4.78 is 5.61. The van der Waals surface area contributed by atoms with Gasteiger partial charge in [0, 0.05) is 17.3 Å². The largest absolute Gasteiger partial charge is 0.472 e. The predicted molar refractivity (Wildman–Crippen MR) is 61.9 cm³/mol. The lowest BCUT2D eigenvalue weighted by atomic mass is 10.2. The van der Waals surface area contributed by atoms with Crippen molar-refractivity contribution in [1.29, 1.82) is 0 Å². The Morgan fingerprint density at radius 3 is 2.56 bits per heavy atom. The highest BCUT2D eigenvalue weighted by molar-refractivity contribution is 5.97. The zero-order valence-corrected chi connectivity index (χ0v) is 9.98. The van der Waals surface area contributed by atoms with Gasteiger partial charge in [-0.25, -0.2) is 4.98 Å². The predicted octanol–water partition coefficient (Wildman–Crippen LogP) is 1.66. The van der Waals surface area contributed by atoms with Gasteiger partial charge in [-0.1, -0.05) is 5.16 Å². The van der Waals surface area contributed by atoms with E-state index in [1.165, 1.54) is 0 Å². The Labute approximate surface area is 94.9 Å². The highest BCUT2D eigenvalue weighted by atomic mass is 16.5. The Morgan fingerprint density at radius 2 is 2.06 bits per heavy atom. The van der Waals surface area contributed by atoms with Gasteiger partial charge in [0.2, 0.25) is 5.88 Å². The number of oxime groups is 1. The first-order chi connectivity index (χ1) is 7.31. The fourth-order valence-corrected chi connectivity index (χ4v) is 1.21. The molecule has 88 valence electrons. The molecule has 1 rings (SSSR count). The zero-order valence-electron chi connectivity index (χ0n) is 9.98. The number of aryl methyl sites for hydroxylation is 1. The van der Waals surface area contributed by atoms with Crippen LogP contribution in [0.5, 0.6) is 5.88 Å². The summed E-state index contributed by atoms with van der Waals surface area (Å²) in [6.07, 6.45) is 0. The van der Waals surface area contributed by atoms with Gasteiger partial charge in [0.15, 0.2) is 5.84 Å². The number of nitrogens with zero attached hydrogens (tertiary/aromatic N) is 2. The summed E-state index contributed by atoms with van der Waals surface area (Å²) in [4.78, 5) is 4.22. The number of aromatic nitrogens is 1. The van der Waals surface area contributed by atoms with Crippen molar-refractivity contribution in [2.24, 2.45) is 10.9 Å². The monoisotopic (exact) mass is 223 g/mol. The van der Waals surface area contributed by atoms with Crippen molar-refractivity contribution in [3.63, 3.8) is 0 Å². The Morgan fingerprint density at radius 1 is 1.44 bits per heavy atom. The van der Waals surface area contributed by atoms with Crippen LogP contribution in [0.1, 0.15) is 32.0 Å². The van der Waals surface area contributed by atoms with Crippen LogP contribution >= 0.6 is 0 Å². The van der Waals surface area contributed by atoms with Crippen LogP contribution in [0.15, 0.2) is 17.3 Å². The minimum Gasteiger partial charge on any atom is -0.472 e. The normalized spacial score (nSPS) is 12.6. The highest BCUT2D eigenvalue weighted by Gasteiger charge is 2.14. The van der Waals surface area contributed by atoms with E-state index in [2.05, 4.69) is 10.1 Å². The minimum absolute atomic E-state index is 0.0456. The second-order valence-electron chi connectivity index (χ2n) is 4.54. The molecule has 0 saturated carbocycles. The van der Waals surface area contributed by atoms with Crippen molar-refractivity contribution in [2.75, 3.05) is 0 Å². The maximum atomic E-state index is 8.60. The van der Waals surface area contributed by atoms with Gasteiger partial charge in [-0.15, -0.1) is 0 Å². The number of nitrogens with two attached hydrogens (primary N) is 1. The maximum Gasteiger partial charge on any atom is 0.214 e. The van der Waals surface area contributed by atoms with Gasteiger partial charge < -0.3 is 15.7 Å². The Hall–Kier alpha value is -1.78. The average Bonchev–Trinajstić information content (AvgIpc) is 2.12. The van der Waals surface area contributed by atoms with E-state index in [9.17, 15) is 0 Å². The van der Waals surface area contributed by atoms with Crippen molar-refractivity contribution in [3.8, 4) is 5.88 Å². The first kappa shape index (κ1) is 12.3. The first-order valence-corrected chi connectivity index (χ1v) is 4.97. The molecule has 3 N–H and O–H groups in total. The molecule has 0 aliphatic rings. The summed E-state index contributed by atoms with van der Waals surface area (Å²) in [5.74, 6) is 0.512. The average molecular weight is 223 g/mol.